The average molecular weight is 234 g/mol. The molecule has 0 heterocycles. The highest BCUT2D eigenvalue weighted by atomic mass is 32.2. The van der Waals surface area contributed by atoms with Crippen molar-refractivity contribution in [2.75, 3.05) is 32.4 Å². The largest absolute Gasteiger partial charge is 0.320 e. The van der Waals surface area contributed by atoms with Gasteiger partial charge in [-0.1, -0.05) is 13.0 Å². The van der Waals surface area contributed by atoms with E-state index >= 15 is 0 Å². The molecule has 0 atom stereocenters. The molecule has 0 saturated heterocycles. The monoisotopic (exact) mass is 234 g/mol. The van der Waals surface area contributed by atoms with Gasteiger partial charge in [-0.15, -0.1) is 6.58 Å². The molecule has 4 nitrogen and oxygen atoms in total. The van der Waals surface area contributed by atoms with Crippen molar-refractivity contribution >= 4 is 10.0 Å². The van der Waals surface area contributed by atoms with Gasteiger partial charge >= 0.3 is 0 Å². The lowest BCUT2D eigenvalue weighted by Crippen LogP contribution is -2.34. The van der Waals surface area contributed by atoms with Crippen LogP contribution in [0.15, 0.2) is 12.7 Å². The highest BCUT2D eigenvalue weighted by molar-refractivity contribution is 7.89. The molecular weight excluding hydrogens is 212 g/mol. The lowest BCUT2D eigenvalue weighted by molar-refractivity contribution is 0.440. The van der Waals surface area contributed by atoms with Gasteiger partial charge in [0.1, 0.15) is 0 Å². The Morgan fingerprint density at radius 3 is 2.60 bits per heavy atom. The Kier molecular flexibility index (Phi) is 7.64. The van der Waals surface area contributed by atoms with E-state index in [1.807, 2.05) is 14.0 Å². The molecule has 5 heteroatoms. The van der Waals surface area contributed by atoms with Crippen LogP contribution in [0.1, 0.15) is 19.8 Å². The zero-order chi connectivity index (χ0) is 11.7. The SMILES string of the molecule is C=CCN(CCC)S(=O)(=O)CCCNC. The molecule has 0 fully saturated rings. The Hall–Kier alpha value is -0.390. The summed E-state index contributed by atoms with van der Waals surface area (Å²) >= 11 is 0. The first-order chi connectivity index (χ1) is 7.08. The number of nitrogens with zero attached hydrogens (tertiary/aromatic N) is 1. The maximum Gasteiger partial charge on any atom is 0.214 e. The zero-order valence-electron chi connectivity index (χ0n) is 9.70. The predicted molar refractivity (Wildman–Crippen MR) is 64.4 cm³/mol. The maximum atomic E-state index is 11.8. The summed E-state index contributed by atoms with van der Waals surface area (Å²) in [5.41, 5.74) is 0. The Morgan fingerprint density at radius 1 is 1.47 bits per heavy atom. The molecular formula is C10H22N2O2S. The minimum absolute atomic E-state index is 0.210. The Balaban J connectivity index is 4.28. The number of rotatable bonds is 9. The molecule has 0 aliphatic rings. The maximum absolute atomic E-state index is 11.8. The van der Waals surface area contributed by atoms with E-state index in [2.05, 4.69) is 11.9 Å². The Labute approximate surface area is 93.4 Å². The van der Waals surface area contributed by atoms with Gasteiger partial charge in [0, 0.05) is 13.1 Å². The third-order valence-corrected chi connectivity index (χ3v) is 3.95. The van der Waals surface area contributed by atoms with E-state index in [9.17, 15) is 8.42 Å². The molecule has 0 bridgehead atoms. The van der Waals surface area contributed by atoms with Crippen LogP contribution in [0, 0.1) is 0 Å². The summed E-state index contributed by atoms with van der Waals surface area (Å²) in [6.45, 7) is 7.26. The van der Waals surface area contributed by atoms with Crippen LogP contribution in [-0.2, 0) is 10.0 Å². The van der Waals surface area contributed by atoms with Gasteiger partial charge in [0.05, 0.1) is 5.75 Å². The quantitative estimate of drug-likeness (QED) is 0.475. The average Bonchev–Trinajstić information content (AvgIpc) is 2.18. The summed E-state index contributed by atoms with van der Waals surface area (Å²) in [6, 6.07) is 0. The topological polar surface area (TPSA) is 49.4 Å². The fraction of sp³-hybridized carbons (Fsp3) is 0.800. The Bertz CT molecular complexity index is 263. The first-order valence-electron chi connectivity index (χ1n) is 5.31. The van der Waals surface area contributed by atoms with Crippen molar-refractivity contribution in [2.24, 2.45) is 0 Å². The number of hydrogen-bond donors (Lipinski definition) is 1. The van der Waals surface area contributed by atoms with Crippen molar-refractivity contribution in [2.45, 2.75) is 19.8 Å². The van der Waals surface area contributed by atoms with Gasteiger partial charge in [0.15, 0.2) is 0 Å². The summed E-state index contributed by atoms with van der Waals surface area (Å²) in [5.74, 6) is 0.210. The van der Waals surface area contributed by atoms with Gasteiger partial charge in [0.2, 0.25) is 10.0 Å². The third-order valence-electron chi connectivity index (χ3n) is 2.03. The summed E-state index contributed by atoms with van der Waals surface area (Å²) in [6.07, 6.45) is 3.11. The molecule has 0 aromatic carbocycles. The van der Waals surface area contributed by atoms with E-state index in [0.29, 0.717) is 19.5 Å². The van der Waals surface area contributed by atoms with Gasteiger partial charge in [-0.3, -0.25) is 0 Å². The molecule has 0 aromatic heterocycles. The van der Waals surface area contributed by atoms with Crippen molar-refractivity contribution in [3.63, 3.8) is 0 Å². The smallest absolute Gasteiger partial charge is 0.214 e. The zero-order valence-corrected chi connectivity index (χ0v) is 10.5. The van der Waals surface area contributed by atoms with E-state index in [1.54, 1.807) is 6.08 Å². The molecule has 0 unspecified atom stereocenters. The first-order valence-corrected chi connectivity index (χ1v) is 6.92. The van der Waals surface area contributed by atoms with E-state index in [4.69, 9.17) is 0 Å². The number of sulfonamides is 1. The molecule has 0 aliphatic carbocycles. The van der Waals surface area contributed by atoms with Crippen LogP contribution >= 0.6 is 0 Å². The second kappa shape index (κ2) is 7.84. The van der Waals surface area contributed by atoms with E-state index in [1.165, 1.54) is 4.31 Å². The minimum Gasteiger partial charge on any atom is -0.320 e. The van der Waals surface area contributed by atoms with E-state index in [-0.39, 0.29) is 5.75 Å². The summed E-state index contributed by atoms with van der Waals surface area (Å²) in [5, 5.41) is 2.94. The third kappa shape index (κ3) is 5.92. The van der Waals surface area contributed by atoms with Crippen LogP contribution in [0.25, 0.3) is 0 Å². The molecule has 0 rings (SSSR count). The van der Waals surface area contributed by atoms with Crippen LogP contribution in [0.4, 0.5) is 0 Å². The molecule has 0 saturated carbocycles. The highest BCUT2D eigenvalue weighted by Gasteiger charge is 2.18. The number of nitrogens with one attached hydrogen (secondary N) is 1. The van der Waals surface area contributed by atoms with Crippen molar-refractivity contribution in [1.82, 2.24) is 9.62 Å². The standard InChI is InChI=1S/C10H22N2O2S/c1-4-8-12(9-5-2)15(13,14)10-6-7-11-3/h4,11H,1,5-10H2,2-3H3. The van der Waals surface area contributed by atoms with Gasteiger partial charge in [-0.2, -0.15) is 4.31 Å². The molecule has 0 aromatic rings. The van der Waals surface area contributed by atoms with Crippen LogP contribution < -0.4 is 5.32 Å². The van der Waals surface area contributed by atoms with Crippen LogP contribution in [0.3, 0.4) is 0 Å². The summed E-state index contributed by atoms with van der Waals surface area (Å²) in [4.78, 5) is 0. The van der Waals surface area contributed by atoms with E-state index in [0.717, 1.165) is 13.0 Å². The molecule has 1 N–H and O–H groups in total. The fourth-order valence-electron chi connectivity index (χ4n) is 1.30. The Morgan fingerprint density at radius 2 is 2.13 bits per heavy atom. The number of hydrogen-bond acceptors (Lipinski definition) is 3. The van der Waals surface area contributed by atoms with Gasteiger partial charge in [-0.05, 0) is 26.4 Å². The fourth-order valence-corrected chi connectivity index (χ4v) is 2.86. The van der Waals surface area contributed by atoms with Crippen LogP contribution in [0.5, 0.6) is 0 Å². The van der Waals surface area contributed by atoms with Crippen LogP contribution in [-0.4, -0.2) is 45.2 Å². The molecule has 90 valence electrons. The second-order valence-corrected chi connectivity index (χ2v) is 5.51. The molecule has 0 spiro atoms. The highest BCUT2D eigenvalue weighted by Crippen LogP contribution is 2.04. The summed E-state index contributed by atoms with van der Waals surface area (Å²) < 4.78 is 25.2. The molecule has 0 amide bonds. The van der Waals surface area contributed by atoms with E-state index < -0.39 is 10.0 Å². The lowest BCUT2D eigenvalue weighted by atomic mass is 10.5. The van der Waals surface area contributed by atoms with Gasteiger partial charge in [0.25, 0.3) is 0 Å². The van der Waals surface area contributed by atoms with Crippen molar-refractivity contribution in [1.29, 1.82) is 0 Å². The molecule has 0 aliphatic heterocycles. The lowest BCUT2D eigenvalue weighted by Gasteiger charge is -2.19. The second-order valence-electron chi connectivity index (χ2n) is 3.42. The van der Waals surface area contributed by atoms with Crippen molar-refractivity contribution in [3.05, 3.63) is 12.7 Å². The van der Waals surface area contributed by atoms with Crippen LogP contribution in [0.2, 0.25) is 0 Å². The predicted octanol–water partition coefficient (Wildman–Crippen LogP) is 0.824. The van der Waals surface area contributed by atoms with Crippen molar-refractivity contribution < 1.29 is 8.42 Å². The van der Waals surface area contributed by atoms with Gasteiger partial charge < -0.3 is 5.32 Å². The molecule has 0 radical (unpaired) electrons. The first kappa shape index (κ1) is 14.6. The normalized spacial score (nSPS) is 11.9. The summed E-state index contributed by atoms with van der Waals surface area (Å²) in [7, 11) is -1.28. The molecule has 15 heavy (non-hydrogen) atoms. The van der Waals surface area contributed by atoms with Gasteiger partial charge in [-0.25, -0.2) is 8.42 Å². The van der Waals surface area contributed by atoms with Crippen molar-refractivity contribution in [3.8, 4) is 0 Å². The minimum atomic E-state index is -3.10.